The van der Waals surface area contributed by atoms with E-state index in [1.807, 2.05) is 0 Å². The topological polar surface area (TPSA) is 26.3 Å². The van der Waals surface area contributed by atoms with Crippen molar-refractivity contribution in [1.29, 1.82) is 0 Å². The van der Waals surface area contributed by atoms with Crippen LogP contribution in [0.3, 0.4) is 0 Å². The minimum absolute atomic E-state index is 0.0271. The van der Waals surface area contributed by atoms with E-state index >= 15 is 0 Å². The van der Waals surface area contributed by atoms with Crippen molar-refractivity contribution in [3.63, 3.8) is 0 Å². The highest BCUT2D eigenvalue weighted by Gasteiger charge is 2.41. The lowest BCUT2D eigenvalue weighted by molar-refractivity contribution is -0.146. The van der Waals surface area contributed by atoms with Gasteiger partial charge in [0.25, 0.3) is 0 Å². The summed E-state index contributed by atoms with van der Waals surface area (Å²) in [6.07, 6.45) is 18.5. The molecule has 4 unspecified atom stereocenters. The number of carbonyl (C=O) groups is 1. The Balaban J connectivity index is 1.63. The Morgan fingerprint density at radius 3 is 2.63 bits per heavy atom. The van der Waals surface area contributed by atoms with Crippen LogP contribution >= 0.6 is 0 Å². The van der Waals surface area contributed by atoms with Gasteiger partial charge < -0.3 is 4.74 Å². The molecule has 30 heavy (non-hydrogen) atoms. The molecule has 0 aromatic rings. The van der Waals surface area contributed by atoms with Gasteiger partial charge in [0.1, 0.15) is 6.10 Å². The van der Waals surface area contributed by atoms with Gasteiger partial charge in [-0.15, -0.1) is 0 Å². The zero-order valence-corrected chi connectivity index (χ0v) is 19.9. The first-order chi connectivity index (χ1) is 14.3. The van der Waals surface area contributed by atoms with Gasteiger partial charge in [-0.3, -0.25) is 4.79 Å². The summed E-state index contributed by atoms with van der Waals surface area (Å²) >= 11 is 0. The van der Waals surface area contributed by atoms with Gasteiger partial charge in [0, 0.05) is 13.3 Å². The molecule has 0 bridgehead atoms. The SMILES string of the molecule is C=C1CCC(OC(C)=O)C/C1=C/C=C1\CCCC2C1CCC2[C@H](C)CCCC(C)C. The van der Waals surface area contributed by atoms with Gasteiger partial charge >= 0.3 is 5.97 Å². The third kappa shape index (κ3) is 6.11. The normalized spacial score (nSPS) is 33.2. The van der Waals surface area contributed by atoms with Crippen LogP contribution in [0.5, 0.6) is 0 Å². The summed E-state index contributed by atoms with van der Waals surface area (Å²) in [5, 5.41) is 0. The van der Waals surface area contributed by atoms with E-state index in [9.17, 15) is 4.79 Å². The Labute approximate surface area is 185 Å². The molecule has 0 spiro atoms. The zero-order chi connectivity index (χ0) is 21.7. The second kappa shape index (κ2) is 10.8. The average Bonchev–Trinajstić information content (AvgIpc) is 3.12. The van der Waals surface area contributed by atoms with E-state index in [0.717, 1.165) is 48.9 Å². The van der Waals surface area contributed by atoms with E-state index in [2.05, 4.69) is 39.5 Å². The summed E-state index contributed by atoms with van der Waals surface area (Å²) in [5.74, 6) is 4.17. The first-order valence-electron chi connectivity index (χ1n) is 12.6. The quantitative estimate of drug-likeness (QED) is 0.399. The molecule has 0 aliphatic heterocycles. The number of carbonyl (C=O) groups excluding carboxylic acids is 1. The Morgan fingerprint density at radius 1 is 1.10 bits per heavy atom. The second-order valence-corrected chi connectivity index (χ2v) is 10.7. The van der Waals surface area contributed by atoms with Crippen molar-refractivity contribution < 1.29 is 9.53 Å². The summed E-state index contributed by atoms with van der Waals surface area (Å²) in [5.41, 5.74) is 4.20. The van der Waals surface area contributed by atoms with Gasteiger partial charge in [-0.2, -0.15) is 0 Å². The Morgan fingerprint density at radius 2 is 1.90 bits per heavy atom. The molecule has 2 nitrogen and oxygen atoms in total. The van der Waals surface area contributed by atoms with Crippen LogP contribution in [0, 0.1) is 29.6 Å². The molecule has 0 aromatic heterocycles. The smallest absolute Gasteiger partial charge is 0.302 e. The number of hydrogen-bond donors (Lipinski definition) is 0. The molecule has 0 amide bonds. The first-order valence-corrected chi connectivity index (χ1v) is 12.6. The Bertz CT molecular complexity index is 668. The minimum atomic E-state index is -0.167. The molecule has 2 heteroatoms. The van der Waals surface area contributed by atoms with Gasteiger partial charge in [0.05, 0.1) is 0 Å². The fraction of sp³-hybridized carbons (Fsp3) is 0.750. The van der Waals surface area contributed by atoms with Gasteiger partial charge in [0.15, 0.2) is 0 Å². The van der Waals surface area contributed by atoms with Gasteiger partial charge in [-0.05, 0) is 80.1 Å². The van der Waals surface area contributed by atoms with Gasteiger partial charge in [-0.1, -0.05) is 69.9 Å². The van der Waals surface area contributed by atoms with Crippen molar-refractivity contribution >= 4 is 5.97 Å². The summed E-state index contributed by atoms with van der Waals surface area (Å²) in [7, 11) is 0. The number of hydrogen-bond acceptors (Lipinski definition) is 2. The fourth-order valence-electron chi connectivity index (χ4n) is 6.39. The Hall–Kier alpha value is -1.31. The number of esters is 1. The van der Waals surface area contributed by atoms with Crippen LogP contribution in [-0.2, 0) is 9.53 Å². The second-order valence-electron chi connectivity index (χ2n) is 10.7. The van der Waals surface area contributed by atoms with Crippen LogP contribution < -0.4 is 0 Å². The molecular weight excluding hydrogens is 368 g/mol. The van der Waals surface area contributed by atoms with E-state index in [-0.39, 0.29) is 12.1 Å². The maximum atomic E-state index is 11.3. The van der Waals surface area contributed by atoms with Crippen LogP contribution in [-0.4, -0.2) is 12.1 Å². The molecule has 5 atom stereocenters. The maximum Gasteiger partial charge on any atom is 0.302 e. The molecule has 3 aliphatic rings. The predicted octanol–water partition coefficient (Wildman–Crippen LogP) is 7.80. The lowest BCUT2D eigenvalue weighted by Gasteiger charge is -2.34. The summed E-state index contributed by atoms with van der Waals surface area (Å²) < 4.78 is 5.48. The fourth-order valence-corrected chi connectivity index (χ4v) is 6.39. The summed E-state index contributed by atoms with van der Waals surface area (Å²) in [6.45, 7) is 13.0. The van der Waals surface area contributed by atoms with Crippen molar-refractivity contribution in [2.75, 3.05) is 0 Å². The molecular formula is C28H44O2. The highest BCUT2D eigenvalue weighted by molar-refractivity contribution is 5.66. The van der Waals surface area contributed by atoms with Crippen molar-refractivity contribution in [3.05, 3.63) is 35.5 Å². The van der Waals surface area contributed by atoms with E-state index < -0.39 is 0 Å². The van der Waals surface area contributed by atoms with Crippen LogP contribution in [0.2, 0.25) is 0 Å². The lowest BCUT2D eigenvalue weighted by Crippen LogP contribution is -2.25. The molecule has 3 fully saturated rings. The molecule has 0 heterocycles. The summed E-state index contributed by atoms with van der Waals surface area (Å²) in [4.78, 5) is 11.3. The monoisotopic (exact) mass is 412 g/mol. The number of ether oxygens (including phenoxy) is 1. The maximum absolute atomic E-state index is 11.3. The highest BCUT2D eigenvalue weighted by Crippen LogP contribution is 2.51. The molecule has 0 radical (unpaired) electrons. The third-order valence-electron chi connectivity index (χ3n) is 8.03. The molecule has 168 valence electrons. The van der Waals surface area contributed by atoms with Crippen LogP contribution in [0.25, 0.3) is 0 Å². The zero-order valence-electron chi connectivity index (χ0n) is 19.9. The van der Waals surface area contributed by atoms with Crippen molar-refractivity contribution in [1.82, 2.24) is 0 Å². The largest absolute Gasteiger partial charge is 0.462 e. The predicted molar refractivity (Wildman–Crippen MR) is 126 cm³/mol. The molecule has 3 aliphatic carbocycles. The van der Waals surface area contributed by atoms with E-state index in [4.69, 9.17) is 4.74 Å². The first kappa shape index (κ1) is 23.4. The lowest BCUT2D eigenvalue weighted by atomic mass is 9.71. The molecule has 0 N–H and O–H groups in total. The van der Waals surface area contributed by atoms with E-state index in [1.165, 1.54) is 69.4 Å². The summed E-state index contributed by atoms with van der Waals surface area (Å²) in [6, 6.07) is 0. The average molecular weight is 413 g/mol. The highest BCUT2D eigenvalue weighted by atomic mass is 16.5. The van der Waals surface area contributed by atoms with Crippen molar-refractivity contribution in [2.24, 2.45) is 29.6 Å². The standard InChI is InChI=1S/C28H44O2/c1-19(2)8-6-9-21(4)26-16-17-27-23(10-7-11-28(26)27)13-14-24-18-25(30-22(5)29)15-12-20(24)3/h13-14,19,21,25-28H,3,6-12,15-18H2,1-2,4-5H3/b23-13+,24-14-/t21-,25?,26?,27?,28?/m1/s1. The van der Waals surface area contributed by atoms with Crippen LogP contribution in [0.15, 0.2) is 35.5 Å². The van der Waals surface area contributed by atoms with E-state index in [0.29, 0.717) is 0 Å². The minimum Gasteiger partial charge on any atom is -0.462 e. The van der Waals surface area contributed by atoms with Gasteiger partial charge in [0.2, 0.25) is 0 Å². The molecule has 3 saturated carbocycles. The van der Waals surface area contributed by atoms with Crippen molar-refractivity contribution in [3.8, 4) is 0 Å². The third-order valence-corrected chi connectivity index (χ3v) is 8.03. The Kier molecular flexibility index (Phi) is 8.43. The van der Waals surface area contributed by atoms with Crippen molar-refractivity contribution in [2.45, 2.75) is 104 Å². The number of rotatable bonds is 7. The van der Waals surface area contributed by atoms with E-state index in [1.54, 1.807) is 5.57 Å². The van der Waals surface area contributed by atoms with Gasteiger partial charge in [-0.25, -0.2) is 0 Å². The van der Waals surface area contributed by atoms with Crippen LogP contribution in [0.1, 0.15) is 98.3 Å². The van der Waals surface area contributed by atoms with Crippen LogP contribution in [0.4, 0.5) is 0 Å². The molecule has 3 rings (SSSR count). The number of fused-ring (bicyclic) bond motifs is 1. The molecule has 0 aromatic carbocycles. The number of allylic oxidation sites excluding steroid dienone is 4. The molecule has 0 saturated heterocycles.